The Morgan fingerprint density at radius 2 is 1.96 bits per heavy atom. The average Bonchev–Trinajstić information content (AvgIpc) is 3.65. The number of aromatic nitrogens is 2. The van der Waals surface area contributed by atoms with Crippen molar-refractivity contribution in [3.63, 3.8) is 0 Å². The van der Waals surface area contributed by atoms with Gasteiger partial charge in [0.15, 0.2) is 17.4 Å². The van der Waals surface area contributed by atoms with Crippen LogP contribution in [0.25, 0.3) is 32.8 Å². The van der Waals surface area contributed by atoms with Crippen LogP contribution in [0.5, 0.6) is 17.5 Å². The summed E-state index contributed by atoms with van der Waals surface area (Å²) in [6.07, 6.45) is 5.65. The molecule has 5 aliphatic rings. The standard InChI is InChI=1S/C36H38F3N5O3/c37-21-11-18(3-2-10-40-14-21)16-47-36-42-33-30-34(46-17-27-26-9-8-22(41-26)15-44(27)35(30)43-36)32(39)29(31(33)38)25-13-23(45)12-20-7-6-19-4-1-5-24(19)28(20)25/h6-7,12-13,18,21-22,26-27,40-41,45H,1-5,8-11,14-17H2/t18-,21-,22?,26?,27?/m1/s1. The van der Waals surface area contributed by atoms with Crippen LogP contribution in [-0.4, -0.2) is 72.2 Å². The molecule has 8 nitrogen and oxygen atoms in total. The first-order chi connectivity index (χ1) is 22.9. The fourth-order valence-electron chi connectivity index (χ4n) is 8.81. The fraction of sp³-hybridized carbons (Fsp3) is 0.500. The minimum Gasteiger partial charge on any atom is -0.508 e. The number of aryl methyl sites for hydroxylation is 2. The van der Waals surface area contributed by atoms with Gasteiger partial charge in [-0.2, -0.15) is 9.97 Å². The van der Waals surface area contributed by atoms with Gasteiger partial charge in [-0.15, -0.1) is 0 Å². The highest BCUT2D eigenvalue weighted by molar-refractivity contribution is 6.05. The number of nitrogens with one attached hydrogen (secondary N) is 2. The lowest BCUT2D eigenvalue weighted by Crippen LogP contribution is -2.60. The number of anilines is 1. The Bertz CT molecular complexity index is 1910. The van der Waals surface area contributed by atoms with Crippen LogP contribution in [0.1, 0.15) is 49.7 Å². The van der Waals surface area contributed by atoms with Gasteiger partial charge in [0.2, 0.25) is 0 Å². The van der Waals surface area contributed by atoms with E-state index >= 15 is 8.78 Å². The highest BCUT2D eigenvalue weighted by Crippen LogP contribution is 2.49. The summed E-state index contributed by atoms with van der Waals surface area (Å²) in [5.74, 6) is -1.48. The van der Waals surface area contributed by atoms with E-state index in [-0.39, 0.29) is 76.8 Å². The van der Waals surface area contributed by atoms with E-state index in [1.807, 2.05) is 12.1 Å². The Hall–Kier alpha value is -3.83. The normalized spacial score (nSPS) is 26.8. The van der Waals surface area contributed by atoms with E-state index in [1.165, 1.54) is 6.07 Å². The van der Waals surface area contributed by atoms with Crippen molar-refractivity contribution < 1.29 is 27.8 Å². The largest absolute Gasteiger partial charge is 0.508 e. The molecule has 246 valence electrons. The summed E-state index contributed by atoms with van der Waals surface area (Å²) in [4.78, 5) is 11.5. The summed E-state index contributed by atoms with van der Waals surface area (Å²) in [5, 5.41) is 19.2. The van der Waals surface area contributed by atoms with Crippen LogP contribution >= 0.6 is 0 Å². The smallest absolute Gasteiger partial charge is 0.319 e. The number of ether oxygens (including phenoxy) is 2. The summed E-state index contributed by atoms with van der Waals surface area (Å²) in [6, 6.07) is 7.22. The predicted octanol–water partition coefficient (Wildman–Crippen LogP) is 5.73. The first kappa shape index (κ1) is 29.3. The number of nitrogens with zero attached hydrogens (tertiary/aromatic N) is 3. The van der Waals surface area contributed by atoms with Gasteiger partial charge < -0.3 is 30.1 Å². The van der Waals surface area contributed by atoms with Crippen molar-refractivity contribution in [2.45, 2.75) is 75.7 Å². The number of aromatic hydroxyl groups is 1. The first-order valence-corrected chi connectivity index (χ1v) is 17.1. The van der Waals surface area contributed by atoms with E-state index in [0.29, 0.717) is 25.3 Å². The molecular formula is C36H38F3N5O3. The highest BCUT2D eigenvalue weighted by Gasteiger charge is 2.44. The van der Waals surface area contributed by atoms with Gasteiger partial charge in [-0.3, -0.25) is 0 Å². The summed E-state index contributed by atoms with van der Waals surface area (Å²) in [6.45, 7) is 2.07. The lowest BCUT2D eigenvalue weighted by atomic mass is 9.91. The van der Waals surface area contributed by atoms with Crippen molar-refractivity contribution in [2.75, 3.05) is 37.7 Å². The molecule has 0 radical (unpaired) electrons. The Labute approximate surface area is 270 Å². The van der Waals surface area contributed by atoms with Crippen molar-refractivity contribution >= 4 is 27.5 Å². The van der Waals surface area contributed by atoms with Gasteiger partial charge >= 0.3 is 6.01 Å². The number of halogens is 3. The molecule has 9 rings (SSSR count). The molecule has 11 heteroatoms. The second kappa shape index (κ2) is 11.4. The van der Waals surface area contributed by atoms with Gasteiger partial charge in [0.25, 0.3) is 0 Å². The Balaban J connectivity index is 1.23. The number of fused-ring (bicyclic) bond motifs is 8. The minimum absolute atomic E-state index is 0.0151. The average molecular weight is 646 g/mol. The number of hydrogen-bond donors (Lipinski definition) is 3. The zero-order chi connectivity index (χ0) is 31.8. The molecule has 3 saturated heterocycles. The molecule has 3 N–H and O–H groups in total. The molecule has 4 aromatic rings. The van der Waals surface area contributed by atoms with E-state index in [1.54, 1.807) is 6.07 Å². The van der Waals surface area contributed by atoms with Crippen LogP contribution in [0.15, 0.2) is 24.3 Å². The molecule has 47 heavy (non-hydrogen) atoms. The Kier molecular flexibility index (Phi) is 7.11. The number of alkyl halides is 1. The molecule has 2 bridgehead atoms. The van der Waals surface area contributed by atoms with Gasteiger partial charge in [-0.25, -0.2) is 13.2 Å². The third-order valence-electron chi connectivity index (χ3n) is 11.0. The first-order valence-electron chi connectivity index (χ1n) is 17.1. The van der Waals surface area contributed by atoms with Crippen molar-refractivity contribution in [2.24, 2.45) is 5.92 Å². The van der Waals surface area contributed by atoms with E-state index in [4.69, 9.17) is 14.5 Å². The van der Waals surface area contributed by atoms with E-state index in [9.17, 15) is 9.50 Å². The molecule has 5 heterocycles. The molecule has 0 spiro atoms. The summed E-state index contributed by atoms with van der Waals surface area (Å²) < 4.78 is 61.2. The highest BCUT2D eigenvalue weighted by atomic mass is 19.1. The summed E-state index contributed by atoms with van der Waals surface area (Å²) in [5.41, 5.74) is 2.11. The zero-order valence-electron chi connectivity index (χ0n) is 26.1. The van der Waals surface area contributed by atoms with Gasteiger partial charge in [-0.1, -0.05) is 12.1 Å². The second-order valence-electron chi connectivity index (χ2n) is 14.0. The monoisotopic (exact) mass is 645 g/mol. The molecule has 0 saturated carbocycles. The zero-order valence-corrected chi connectivity index (χ0v) is 26.1. The number of phenols is 1. The van der Waals surface area contributed by atoms with Crippen LogP contribution in [0.3, 0.4) is 0 Å². The third-order valence-corrected chi connectivity index (χ3v) is 11.0. The van der Waals surface area contributed by atoms with Gasteiger partial charge in [-0.05, 0) is 103 Å². The van der Waals surface area contributed by atoms with Gasteiger partial charge in [0.1, 0.15) is 29.9 Å². The van der Waals surface area contributed by atoms with Crippen LogP contribution in [0.4, 0.5) is 19.0 Å². The lowest BCUT2D eigenvalue weighted by Gasteiger charge is -2.40. The van der Waals surface area contributed by atoms with Crippen LogP contribution in [0, 0.1) is 17.6 Å². The molecule has 1 aromatic heterocycles. The van der Waals surface area contributed by atoms with Crippen LogP contribution in [0.2, 0.25) is 0 Å². The molecular weight excluding hydrogens is 607 g/mol. The fourth-order valence-corrected chi connectivity index (χ4v) is 8.81. The van der Waals surface area contributed by atoms with Crippen molar-refractivity contribution in [3.8, 4) is 28.6 Å². The summed E-state index contributed by atoms with van der Waals surface area (Å²) in [7, 11) is 0. The maximum atomic E-state index is 17.2. The van der Waals surface area contributed by atoms with Crippen LogP contribution in [-0.2, 0) is 12.8 Å². The molecule has 4 aliphatic heterocycles. The van der Waals surface area contributed by atoms with E-state index in [2.05, 4.69) is 20.5 Å². The molecule has 3 aromatic carbocycles. The molecule has 0 amide bonds. The van der Waals surface area contributed by atoms with Gasteiger partial charge in [0, 0.05) is 25.2 Å². The SMILES string of the molecule is Oc1cc(-c2c(F)c3c4c(nc(OC[C@@H]5CCCNC[C@H](F)C5)nc4c2F)N2CC4CCC(N4)C2CO3)c2c3c(ccc2c1)CCC3. The quantitative estimate of drug-likeness (QED) is 0.259. The molecule has 3 unspecified atom stereocenters. The molecule has 1 aliphatic carbocycles. The van der Waals surface area contributed by atoms with Crippen molar-refractivity contribution in [1.82, 2.24) is 20.6 Å². The molecule has 3 fully saturated rings. The number of benzene rings is 3. The number of phenolic OH excluding ortho intramolecular Hbond substituents is 1. The summed E-state index contributed by atoms with van der Waals surface area (Å²) >= 11 is 0. The maximum absolute atomic E-state index is 17.2. The molecule has 5 atom stereocenters. The second-order valence-corrected chi connectivity index (χ2v) is 14.0. The Morgan fingerprint density at radius 1 is 1.04 bits per heavy atom. The minimum atomic E-state index is -0.982. The van der Waals surface area contributed by atoms with E-state index in [0.717, 1.165) is 73.4 Å². The van der Waals surface area contributed by atoms with Crippen molar-refractivity contribution in [1.29, 1.82) is 0 Å². The van der Waals surface area contributed by atoms with Crippen molar-refractivity contribution in [3.05, 3.63) is 47.0 Å². The van der Waals surface area contributed by atoms with E-state index < -0.39 is 17.8 Å². The lowest BCUT2D eigenvalue weighted by molar-refractivity contribution is 0.166. The number of piperazine rings is 1. The third kappa shape index (κ3) is 4.87. The maximum Gasteiger partial charge on any atom is 0.319 e. The number of hydrogen-bond acceptors (Lipinski definition) is 8. The topological polar surface area (TPSA) is 91.8 Å². The number of rotatable bonds is 4. The van der Waals surface area contributed by atoms with Gasteiger partial charge in [0.05, 0.1) is 23.6 Å². The predicted molar refractivity (Wildman–Crippen MR) is 173 cm³/mol. The Morgan fingerprint density at radius 3 is 2.87 bits per heavy atom. The van der Waals surface area contributed by atoms with Crippen LogP contribution < -0.4 is 25.0 Å².